The highest BCUT2D eigenvalue weighted by Crippen LogP contribution is 2.26. The zero-order valence-corrected chi connectivity index (χ0v) is 11.0. The first-order chi connectivity index (χ1) is 8.66. The van der Waals surface area contributed by atoms with Crippen LogP contribution in [0.5, 0.6) is 5.75 Å². The summed E-state index contributed by atoms with van der Waals surface area (Å²) in [5.74, 6) is 0.703. The number of benzene rings is 2. The van der Waals surface area contributed by atoms with E-state index in [4.69, 9.17) is 27.9 Å². The van der Waals surface area contributed by atoms with E-state index in [1.165, 1.54) is 0 Å². The second-order valence-electron chi connectivity index (χ2n) is 3.81. The van der Waals surface area contributed by atoms with Crippen molar-refractivity contribution in [3.05, 3.63) is 64.1 Å². The van der Waals surface area contributed by atoms with Gasteiger partial charge in [-0.25, -0.2) is 0 Å². The fourth-order valence-electron chi connectivity index (χ4n) is 1.55. The molecule has 0 heterocycles. The topological polar surface area (TPSA) is 29.5 Å². The van der Waals surface area contributed by atoms with Crippen LogP contribution in [0.3, 0.4) is 0 Å². The Morgan fingerprint density at radius 2 is 1.78 bits per heavy atom. The summed E-state index contributed by atoms with van der Waals surface area (Å²) in [6.07, 6.45) is -0.809. The summed E-state index contributed by atoms with van der Waals surface area (Å²) in [5, 5.41) is 11.0. The Hall–Kier alpha value is -1.22. The van der Waals surface area contributed by atoms with Crippen molar-refractivity contribution in [2.45, 2.75) is 6.10 Å². The molecule has 0 amide bonds. The molecule has 18 heavy (non-hydrogen) atoms. The predicted octanol–water partition coefficient (Wildman–Crippen LogP) is 4.11. The molecule has 2 rings (SSSR count). The average Bonchev–Trinajstić information content (AvgIpc) is 2.40. The summed E-state index contributed by atoms with van der Waals surface area (Å²) in [7, 11) is 0. The van der Waals surface area contributed by atoms with Crippen molar-refractivity contribution >= 4 is 23.2 Å². The third kappa shape index (κ3) is 3.39. The molecule has 0 aliphatic carbocycles. The summed E-state index contributed by atoms with van der Waals surface area (Å²) in [5.41, 5.74) is 0.570. The fourth-order valence-corrected chi connectivity index (χ4v) is 1.98. The number of hydrogen-bond donors (Lipinski definition) is 1. The number of aliphatic hydroxyl groups is 1. The fraction of sp³-hybridized carbons (Fsp3) is 0.143. The van der Waals surface area contributed by atoms with E-state index in [1.54, 1.807) is 18.2 Å². The number of hydrogen-bond acceptors (Lipinski definition) is 2. The molecular weight excluding hydrogens is 271 g/mol. The number of para-hydroxylation sites is 1. The standard InChI is InChI=1S/C14H12Cl2O2/c15-10-6-7-13(16)12(8-10)14(17)9-18-11-4-2-1-3-5-11/h1-8,14,17H,9H2. The van der Waals surface area contributed by atoms with Crippen molar-refractivity contribution < 1.29 is 9.84 Å². The predicted molar refractivity (Wildman–Crippen MR) is 73.4 cm³/mol. The minimum absolute atomic E-state index is 0.129. The van der Waals surface area contributed by atoms with Crippen LogP contribution in [0.15, 0.2) is 48.5 Å². The molecule has 0 aliphatic heterocycles. The van der Waals surface area contributed by atoms with Gasteiger partial charge in [-0.1, -0.05) is 41.4 Å². The first kappa shape index (κ1) is 13.2. The maximum Gasteiger partial charge on any atom is 0.119 e. The van der Waals surface area contributed by atoms with Gasteiger partial charge < -0.3 is 9.84 Å². The lowest BCUT2D eigenvalue weighted by Crippen LogP contribution is -2.10. The Balaban J connectivity index is 2.03. The number of rotatable bonds is 4. The first-order valence-electron chi connectivity index (χ1n) is 5.47. The third-order valence-electron chi connectivity index (χ3n) is 2.47. The quantitative estimate of drug-likeness (QED) is 0.915. The van der Waals surface area contributed by atoms with Crippen molar-refractivity contribution in [3.63, 3.8) is 0 Å². The average molecular weight is 283 g/mol. The number of aliphatic hydroxyl groups excluding tert-OH is 1. The molecule has 0 saturated carbocycles. The molecule has 2 aromatic rings. The highest BCUT2D eigenvalue weighted by Gasteiger charge is 2.13. The van der Waals surface area contributed by atoms with Crippen LogP contribution >= 0.6 is 23.2 Å². The van der Waals surface area contributed by atoms with Crippen LogP contribution in [0.2, 0.25) is 10.0 Å². The molecule has 0 radical (unpaired) electrons. The van der Waals surface area contributed by atoms with Gasteiger partial charge in [0, 0.05) is 15.6 Å². The van der Waals surface area contributed by atoms with Crippen LogP contribution in [-0.2, 0) is 0 Å². The highest BCUT2D eigenvalue weighted by atomic mass is 35.5. The Labute approximate surface area is 116 Å². The molecule has 1 unspecified atom stereocenters. The summed E-state index contributed by atoms with van der Waals surface area (Å²) in [6, 6.07) is 14.3. The Morgan fingerprint density at radius 1 is 1.06 bits per heavy atom. The maximum absolute atomic E-state index is 10.0. The van der Waals surface area contributed by atoms with E-state index in [2.05, 4.69) is 0 Å². The molecule has 4 heteroatoms. The minimum Gasteiger partial charge on any atom is -0.491 e. The summed E-state index contributed by atoms with van der Waals surface area (Å²) in [6.45, 7) is 0.129. The molecule has 0 bridgehead atoms. The third-order valence-corrected chi connectivity index (χ3v) is 3.05. The van der Waals surface area contributed by atoms with E-state index >= 15 is 0 Å². The van der Waals surface area contributed by atoms with E-state index < -0.39 is 6.10 Å². The first-order valence-corrected chi connectivity index (χ1v) is 6.23. The molecule has 0 fully saturated rings. The van der Waals surface area contributed by atoms with Crippen LogP contribution in [-0.4, -0.2) is 11.7 Å². The van der Waals surface area contributed by atoms with Gasteiger partial charge in [-0.3, -0.25) is 0 Å². The largest absolute Gasteiger partial charge is 0.491 e. The van der Waals surface area contributed by atoms with Crippen LogP contribution in [0.4, 0.5) is 0 Å². The van der Waals surface area contributed by atoms with Gasteiger partial charge in [-0.05, 0) is 30.3 Å². The summed E-state index contributed by atoms with van der Waals surface area (Å²) >= 11 is 11.9. The van der Waals surface area contributed by atoms with Gasteiger partial charge in [0.25, 0.3) is 0 Å². The van der Waals surface area contributed by atoms with Gasteiger partial charge >= 0.3 is 0 Å². The molecule has 94 valence electrons. The van der Waals surface area contributed by atoms with E-state index in [0.29, 0.717) is 21.4 Å². The zero-order chi connectivity index (χ0) is 13.0. The normalized spacial score (nSPS) is 12.2. The lowest BCUT2D eigenvalue weighted by molar-refractivity contribution is 0.108. The van der Waals surface area contributed by atoms with Crippen LogP contribution in [0.25, 0.3) is 0 Å². The molecule has 1 atom stereocenters. The minimum atomic E-state index is -0.809. The molecule has 0 saturated heterocycles. The summed E-state index contributed by atoms with van der Waals surface area (Å²) < 4.78 is 5.47. The number of ether oxygens (including phenoxy) is 1. The second-order valence-corrected chi connectivity index (χ2v) is 4.65. The second kappa shape index (κ2) is 6.10. The monoisotopic (exact) mass is 282 g/mol. The molecular formula is C14H12Cl2O2. The van der Waals surface area contributed by atoms with Gasteiger partial charge in [-0.2, -0.15) is 0 Å². The van der Waals surface area contributed by atoms with Gasteiger partial charge in [0.1, 0.15) is 18.5 Å². The van der Waals surface area contributed by atoms with Crippen molar-refractivity contribution in [1.29, 1.82) is 0 Å². The van der Waals surface area contributed by atoms with Crippen molar-refractivity contribution in [2.24, 2.45) is 0 Å². The smallest absolute Gasteiger partial charge is 0.119 e. The van der Waals surface area contributed by atoms with Crippen LogP contribution < -0.4 is 4.74 Å². The lowest BCUT2D eigenvalue weighted by Gasteiger charge is -2.14. The van der Waals surface area contributed by atoms with Crippen LogP contribution in [0.1, 0.15) is 11.7 Å². The molecule has 0 aliphatic rings. The molecule has 0 aromatic heterocycles. The molecule has 1 N–H and O–H groups in total. The van der Waals surface area contributed by atoms with E-state index in [0.717, 1.165) is 0 Å². The van der Waals surface area contributed by atoms with Gasteiger partial charge in [0.15, 0.2) is 0 Å². The van der Waals surface area contributed by atoms with Crippen molar-refractivity contribution in [1.82, 2.24) is 0 Å². The zero-order valence-electron chi connectivity index (χ0n) is 9.51. The maximum atomic E-state index is 10.0. The van der Waals surface area contributed by atoms with E-state index in [1.807, 2.05) is 30.3 Å². The summed E-state index contributed by atoms with van der Waals surface area (Å²) in [4.78, 5) is 0. The molecule has 2 aromatic carbocycles. The van der Waals surface area contributed by atoms with E-state index in [9.17, 15) is 5.11 Å². The Kier molecular flexibility index (Phi) is 4.48. The van der Waals surface area contributed by atoms with Crippen molar-refractivity contribution in [3.8, 4) is 5.75 Å². The highest BCUT2D eigenvalue weighted by molar-refractivity contribution is 6.33. The van der Waals surface area contributed by atoms with Gasteiger partial charge in [0.05, 0.1) is 0 Å². The van der Waals surface area contributed by atoms with Gasteiger partial charge in [0.2, 0.25) is 0 Å². The lowest BCUT2D eigenvalue weighted by atomic mass is 10.1. The molecule has 2 nitrogen and oxygen atoms in total. The Bertz CT molecular complexity index is 514. The number of halogens is 2. The molecule has 0 spiro atoms. The van der Waals surface area contributed by atoms with Gasteiger partial charge in [-0.15, -0.1) is 0 Å². The van der Waals surface area contributed by atoms with Crippen LogP contribution in [0, 0.1) is 0 Å². The Morgan fingerprint density at radius 3 is 2.50 bits per heavy atom. The van der Waals surface area contributed by atoms with Crippen molar-refractivity contribution in [2.75, 3.05) is 6.61 Å². The SMILES string of the molecule is OC(COc1ccccc1)c1cc(Cl)ccc1Cl. The van der Waals surface area contributed by atoms with E-state index in [-0.39, 0.29) is 6.61 Å².